The molecule has 0 bridgehead atoms. The van der Waals surface area contributed by atoms with Crippen molar-refractivity contribution in [2.24, 2.45) is 0 Å². The summed E-state index contributed by atoms with van der Waals surface area (Å²) in [6.07, 6.45) is 0. The van der Waals surface area contributed by atoms with Crippen LogP contribution in [0.5, 0.6) is 0 Å². The number of nitrogens with one attached hydrogen (secondary N) is 1. The Labute approximate surface area is 121 Å². The number of carbonyl (C=O) groups is 1. The molecule has 0 radical (unpaired) electrons. The number of benzene rings is 1. The second-order valence-electron chi connectivity index (χ2n) is 3.36. The minimum absolute atomic E-state index is 0.260. The van der Waals surface area contributed by atoms with E-state index in [1.807, 2.05) is 22.6 Å². The topological polar surface area (TPSA) is 38.3 Å². The van der Waals surface area contributed by atoms with Gasteiger partial charge in [-0.15, -0.1) is 0 Å². The Morgan fingerprint density at radius 3 is 3.00 bits per heavy atom. The summed E-state index contributed by atoms with van der Waals surface area (Å²) < 4.78 is 18.5. The maximum absolute atomic E-state index is 13.4. The van der Waals surface area contributed by atoms with Crippen molar-refractivity contribution in [1.29, 1.82) is 0 Å². The van der Waals surface area contributed by atoms with Gasteiger partial charge in [0, 0.05) is 23.1 Å². The smallest absolute Gasteiger partial charge is 0.319 e. The molecule has 17 heavy (non-hydrogen) atoms. The van der Waals surface area contributed by atoms with E-state index in [0.29, 0.717) is 18.7 Å². The van der Waals surface area contributed by atoms with Crippen molar-refractivity contribution >= 4 is 44.5 Å². The molecule has 94 valence electrons. The molecule has 0 spiro atoms. The second-order valence-corrected chi connectivity index (χ2v) is 5.78. The minimum atomic E-state index is -0.284. The lowest BCUT2D eigenvalue weighted by Gasteiger charge is -2.10. The summed E-state index contributed by atoms with van der Waals surface area (Å²) in [5.41, 5.74) is 0.563. The van der Waals surface area contributed by atoms with Crippen LogP contribution >= 0.6 is 38.5 Å². The lowest BCUT2D eigenvalue weighted by Crippen LogP contribution is -2.29. The molecule has 0 aromatic heterocycles. The van der Waals surface area contributed by atoms with E-state index < -0.39 is 0 Å². The van der Waals surface area contributed by atoms with Crippen molar-refractivity contribution in [3.8, 4) is 0 Å². The molecule has 0 aliphatic heterocycles. The molecule has 0 saturated carbocycles. The maximum Gasteiger partial charge on any atom is 0.319 e. The van der Waals surface area contributed by atoms with Crippen LogP contribution in [0.3, 0.4) is 0 Å². The zero-order valence-electron chi connectivity index (χ0n) is 9.17. The van der Waals surface area contributed by atoms with Crippen LogP contribution in [-0.4, -0.2) is 23.5 Å². The SMILES string of the molecule is COC(=O)C(I)CNCc1cc(Br)ccc1F. The Morgan fingerprint density at radius 1 is 1.65 bits per heavy atom. The summed E-state index contributed by atoms with van der Waals surface area (Å²) in [5, 5.41) is 3.02. The highest BCUT2D eigenvalue weighted by molar-refractivity contribution is 14.1. The van der Waals surface area contributed by atoms with E-state index in [4.69, 9.17) is 0 Å². The van der Waals surface area contributed by atoms with Crippen LogP contribution in [0, 0.1) is 5.82 Å². The molecule has 0 heterocycles. The molecule has 1 atom stereocenters. The van der Waals surface area contributed by atoms with E-state index >= 15 is 0 Å². The van der Waals surface area contributed by atoms with E-state index in [-0.39, 0.29) is 15.7 Å². The molecule has 0 aliphatic rings. The number of esters is 1. The van der Waals surface area contributed by atoms with E-state index in [1.165, 1.54) is 13.2 Å². The maximum atomic E-state index is 13.4. The molecule has 1 rings (SSSR count). The Hall–Kier alpha value is -0.210. The Kier molecular flexibility index (Phi) is 6.35. The summed E-state index contributed by atoms with van der Waals surface area (Å²) >= 11 is 5.27. The van der Waals surface area contributed by atoms with E-state index in [9.17, 15) is 9.18 Å². The number of hydrogen-bond donors (Lipinski definition) is 1. The molecule has 1 aromatic carbocycles. The van der Waals surface area contributed by atoms with Gasteiger partial charge in [0.1, 0.15) is 9.74 Å². The first-order valence-electron chi connectivity index (χ1n) is 4.91. The lowest BCUT2D eigenvalue weighted by atomic mass is 10.2. The highest BCUT2D eigenvalue weighted by Gasteiger charge is 2.14. The molecule has 1 unspecified atom stereocenters. The van der Waals surface area contributed by atoms with Gasteiger partial charge in [0.05, 0.1) is 7.11 Å². The van der Waals surface area contributed by atoms with Crippen LogP contribution in [0.1, 0.15) is 5.56 Å². The monoisotopic (exact) mass is 415 g/mol. The molecular weight excluding hydrogens is 404 g/mol. The fraction of sp³-hybridized carbons (Fsp3) is 0.364. The van der Waals surface area contributed by atoms with Crippen LogP contribution in [0.15, 0.2) is 22.7 Å². The van der Waals surface area contributed by atoms with Gasteiger partial charge >= 0.3 is 5.97 Å². The zero-order valence-corrected chi connectivity index (χ0v) is 12.9. The van der Waals surface area contributed by atoms with Crippen molar-refractivity contribution in [2.75, 3.05) is 13.7 Å². The number of halogens is 3. The predicted molar refractivity (Wildman–Crippen MR) is 75.6 cm³/mol. The van der Waals surface area contributed by atoms with E-state index in [0.717, 1.165) is 4.47 Å². The average molecular weight is 416 g/mol. The summed E-state index contributed by atoms with van der Waals surface area (Å²) in [7, 11) is 1.35. The molecule has 0 amide bonds. The highest BCUT2D eigenvalue weighted by atomic mass is 127. The molecule has 3 nitrogen and oxygen atoms in total. The van der Waals surface area contributed by atoms with Crippen molar-refractivity contribution < 1.29 is 13.9 Å². The molecule has 0 aliphatic carbocycles. The van der Waals surface area contributed by atoms with Gasteiger partial charge in [-0.2, -0.15) is 0 Å². The van der Waals surface area contributed by atoms with Gasteiger partial charge in [-0.25, -0.2) is 4.39 Å². The van der Waals surface area contributed by atoms with Crippen molar-refractivity contribution in [3.63, 3.8) is 0 Å². The summed E-state index contributed by atoms with van der Waals surface area (Å²) in [6, 6.07) is 4.76. The van der Waals surface area contributed by atoms with Gasteiger partial charge in [0.15, 0.2) is 0 Å². The van der Waals surface area contributed by atoms with Gasteiger partial charge in [-0.05, 0) is 18.2 Å². The van der Waals surface area contributed by atoms with Gasteiger partial charge in [-0.1, -0.05) is 38.5 Å². The second kappa shape index (κ2) is 7.27. The number of alkyl halides is 1. The van der Waals surface area contributed by atoms with Crippen molar-refractivity contribution in [2.45, 2.75) is 10.5 Å². The summed E-state index contributed by atoms with van der Waals surface area (Å²) in [4.78, 5) is 11.1. The van der Waals surface area contributed by atoms with Gasteiger partial charge in [-0.3, -0.25) is 4.79 Å². The largest absolute Gasteiger partial charge is 0.468 e. The number of carbonyl (C=O) groups excluding carboxylic acids is 1. The van der Waals surface area contributed by atoms with Gasteiger partial charge < -0.3 is 10.1 Å². The normalized spacial score (nSPS) is 12.2. The predicted octanol–water partition coefficient (Wildman–Crippen LogP) is 2.65. The molecule has 1 N–H and O–H groups in total. The third kappa shape index (κ3) is 4.89. The Morgan fingerprint density at radius 2 is 2.35 bits per heavy atom. The zero-order chi connectivity index (χ0) is 12.8. The third-order valence-electron chi connectivity index (χ3n) is 2.10. The number of hydrogen-bond acceptors (Lipinski definition) is 3. The minimum Gasteiger partial charge on any atom is -0.468 e. The third-order valence-corrected chi connectivity index (χ3v) is 3.55. The first kappa shape index (κ1) is 14.8. The Balaban J connectivity index is 2.45. The standard InChI is InChI=1S/C11H12BrFINO2/c1-17-11(16)10(14)6-15-5-7-4-8(12)2-3-9(7)13/h2-4,10,15H,5-6H2,1H3. The first-order valence-corrected chi connectivity index (χ1v) is 6.95. The van der Waals surface area contributed by atoms with Crippen LogP contribution in [-0.2, 0) is 16.1 Å². The Bertz CT molecular complexity index is 403. The molecule has 1 aromatic rings. The van der Waals surface area contributed by atoms with Gasteiger partial charge in [0.25, 0.3) is 0 Å². The quantitative estimate of drug-likeness (QED) is 0.456. The van der Waals surface area contributed by atoms with Crippen molar-refractivity contribution in [3.05, 3.63) is 34.1 Å². The van der Waals surface area contributed by atoms with Crippen LogP contribution < -0.4 is 5.32 Å². The van der Waals surface area contributed by atoms with Crippen molar-refractivity contribution in [1.82, 2.24) is 5.32 Å². The van der Waals surface area contributed by atoms with Crippen LogP contribution in [0.4, 0.5) is 4.39 Å². The van der Waals surface area contributed by atoms with E-state index in [2.05, 4.69) is 26.0 Å². The fourth-order valence-corrected chi connectivity index (χ4v) is 2.20. The fourth-order valence-electron chi connectivity index (χ4n) is 1.22. The summed E-state index contributed by atoms with van der Waals surface area (Å²) in [6.45, 7) is 0.820. The van der Waals surface area contributed by atoms with Gasteiger partial charge in [0.2, 0.25) is 0 Å². The first-order chi connectivity index (χ1) is 8.04. The average Bonchev–Trinajstić information content (AvgIpc) is 2.32. The summed E-state index contributed by atoms with van der Waals surface area (Å²) in [5.74, 6) is -0.545. The molecular formula is C11H12BrFINO2. The molecule has 0 fully saturated rings. The number of methoxy groups -OCH3 is 1. The molecule has 6 heteroatoms. The number of ether oxygens (including phenoxy) is 1. The highest BCUT2D eigenvalue weighted by Crippen LogP contribution is 2.15. The van der Waals surface area contributed by atoms with Crippen LogP contribution in [0.25, 0.3) is 0 Å². The number of rotatable bonds is 5. The lowest BCUT2D eigenvalue weighted by molar-refractivity contribution is -0.139. The molecule has 0 saturated heterocycles. The van der Waals surface area contributed by atoms with Crippen LogP contribution in [0.2, 0.25) is 0 Å². The van der Waals surface area contributed by atoms with E-state index in [1.54, 1.807) is 12.1 Å².